The van der Waals surface area contributed by atoms with Crippen LogP contribution in [0.2, 0.25) is 0 Å². The molecular formula is C18H24BrIN4. The number of aliphatic imine (C=N–C) groups is 1. The van der Waals surface area contributed by atoms with Gasteiger partial charge >= 0.3 is 0 Å². The summed E-state index contributed by atoms with van der Waals surface area (Å²) in [6.07, 6.45) is 4.58. The topological polar surface area (TPSA) is 40.5 Å². The van der Waals surface area contributed by atoms with E-state index in [1.54, 1.807) is 6.20 Å². The van der Waals surface area contributed by atoms with Gasteiger partial charge in [0.1, 0.15) is 0 Å². The third-order valence-electron chi connectivity index (χ3n) is 3.45. The molecule has 2 aromatic rings. The largest absolute Gasteiger partial charge is 0.357 e. The number of hydrogen-bond acceptors (Lipinski definition) is 2. The van der Waals surface area contributed by atoms with Gasteiger partial charge in [-0.15, -0.1) is 24.0 Å². The molecule has 0 saturated carbocycles. The molecule has 0 unspecified atom stereocenters. The van der Waals surface area contributed by atoms with Crippen LogP contribution in [-0.4, -0.2) is 36.0 Å². The molecule has 0 bridgehead atoms. The van der Waals surface area contributed by atoms with Gasteiger partial charge in [-0.25, -0.2) is 0 Å². The van der Waals surface area contributed by atoms with Gasteiger partial charge in [-0.2, -0.15) is 0 Å². The minimum atomic E-state index is 0. The zero-order valence-corrected chi connectivity index (χ0v) is 18.0. The Labute approximate surface area is 169 Å². The summed E-state index contributed by atoms with van der Waals surface area (Å²) in [4.78, 5) is 11.0. The molecule has 1 aromatic heterocycles. The molecule has 1 aromatic carbocycles. The molecular weight excluding hydrogens is 479 g/mol. The fourth-order valence-corrected chi connectivity index (χ4v) is 2.67. The van der Waals surface area contributed by atoms with E-state index in [9.17, 15) is 0 Å². The van der Waals surface area contributed by atoms with Gasteiger partial charge < -0.3 is 10.2 Å². The molecule has 0 aliphatic heterocycles. The highest BCUT2D eigenvalue weighted by Gasteiger charge is 2.08. The van der Waals surface area contributed by atoms with Crippen molar-refractivity contribution in [3.8, 4) is 0 Å². The molecule has 1 N–H and O–H groups in total. The van der Waals surface area contributed by atoms with Crippen LogP contribution < -0.4 is 5.32 Å². The standard InChI is InChI=1S/C18H23BrN4.HI/c1-3-21-18(22-12-10-15-7-6-11-20-13-15)23(2)14-16-8-4-5-9-17(16)19;/h4-9,11,13H,3,10,12,14H2,1-2H3,(H,21,22);1H. The number of aromatic nitrogens is 1. The molecule has 0 saturated heterocycles. The minimum absolute atomic E-state index is 0. The van der Waals surface area contributed by atoms with E-state index in [2.05, 4.69) is 69.4 Å². The number of nitrogens with one attached hydrogen (secondary N) is 1. The lowest BCUT2D eigenvalue weighted by Gasteiger charge is -2.22. The van der Waals surface area contributed by atoms with Crippen molar-refractivity contribution in [2.45, 2.75) is 19.9 Å². The van der Waals surface area contributed by atoms with Crippen molar-refractivity contribution in [1.82, 2.24) is 15.2 Å². The maximum Gasteiger partial charge on any atom is 0.193 e. The molecule has 0 fully saturated rings. The number of hydrogen-bond donors (Lipinski definition) is 1. The predicted molar refractivity (Wildman–Crippen MR) is 115 cm³/mol. The van der Waals surface area contributed by atoms with Gasteiger partial charge in [0.25, 0.3) is 0 Å². The maximum atomic E-state index is 4.72. The predicted octanol–water partition coefficient (Wildman–Crippen LogP) is 4.10. The van der Waals surface area contributed by atoms with E-state index in [-0.39, 0.29) is 24.0 Å². The Morgan fingerprint density at radius 1 is 1.25 bits per heavy atom. The Balaban J connectivity index is 0.00000288. The van der Waals surface area contributed by atoms with Gasteiger partial charge in [0.15, 0.2) is 5.96 Å². The maximum absolute atomic E-state index is 4.72. The lowest BCUT2D eigenvalue weighted by atomic mass is 10.2. The average Bonchev–Trinajstić information content (AvgIpc) is 2.57. The molecule has 0 aliphatic rings. The van der Waals surface area contributed by atoms with E-state index < -0.39 is 0 Å². The Bertz CT molecular complexity index is 634. The van der Waals surface area contributed by atoms with Crippen LogP contribution in [0.15, 0.2) is 58.3 Å². The lowest BCUT2D eigenvalue weighted by Crippen LogP contribution is -2.38. The highest BCUT2D eigenvalue weighted by atomic mass is 127. The Morgan fingerprint density at radius 3 is 2.71 bits per heavy atom. The minimum Gasteiger partial charge on any atom is -0.357 e. The van der Waals surface area contributed by atoms with Crippen molar-refractivity contribution in [3.63, 3.8) is 0 Å². The van der Waals surface area contributed by atoms with Crippen molar-refractivity contribution in [1.29, 1.82) is 0 Å². The SMILES string of the molecule is CCNC(=NCCc1cccnc1)N(C)Cc1ccccc1Br.I. The van der Waals surface area contributed by atoms with Crippen molar-refractivity contribution < 1.29 is 0 Å². The summed E-state index contributed by atoms with van der Waals surface area (Å²) in [7, 11) is 2.06. The highest BCUT2D eigenvalue weighted by molar-refractivity contribution is 14.0. The summed E-state index contributed by atoms with van der Waals surface area (Å²) in [6, 6.07) is 12.3. The molecule has 0 atom stereocenters. The molecule has 0 aliphatic carbocycles. The van der Waals surface area contributed by atoms with E-state index in [1.165, 1.54) is 11.1 Å². The van der Waals surface area contributed by atoms with Crippen LogP contribution in [0.5, 0.6) is 0 Å². The molecule has 2 rings (SSSR count). The van der Waals surface area contributed by atoms with Crippen LogP contribution in [0, 0.1) is 0 Å². The van der Waals surface area contributed by atoms with Crippen molar-refractivity contribution >= 4 is 45.9 Å². The van der Waals surface area contributed by atoms with Gasteiger partial charge in [-0.05, 0) is 36.6 Å². The van der Waals surface area contributed by atoms with Crippen molar-refractivity contribution in [2.75, 3.05) is 20.1 Å². The van der Waals surface area contributed by atoms with E-state index in [4.69, 9.17) is 4.99 Å². The summed E-state index contributed by atoms with van der Waals surface area (Å²) in [5.41, 5.74) is 2.45. The van der Waals surface area contributed by atoms with Crippen LogP contribution in [0.3, 0.4) is 0 Å². The van der Waals surface area contributed by atoms with Gasteiger partial charge in [0, 0.05) is 43.5 Å². The number of benzene rings is 1. The number of rotatable bonds is 6. The third kappa shape index (κ3) is 6.76. The van der Waals surface area contributed by atoms with Gasteiger partial charge in [-0.1, -0.05) is 40.2 Å². The fourth-order valence-electron chi connectivity index (χ4n) is 2.26. The highest BCUT2D eigenvalue weighted by Crippen LogP contribution is 2.17. The van der Waals surface area contributed by atoms with E-state index in [0.717, 1.165) is 36.5 Å². The molecule has 24 heavy (non-hydrogen) atoms. The zero-order valence-electron chi connectivity index (χ0n) is 14.1. The number of guanidine groups is 1. The number of halogens is 2. The fraction of sp³-hybridized carbons (Fsp3) is 0.333. The molecule has 1 heterocycles. The van der Waals surface area contributed by atoms with Crippen molar-refractivity contribution in [2.24, 2.45) is 4.99 Å². The molecule has 0 spiro atoms. The Kier molecular flexibility index (Phi) is 9.94. The molecule has 4 nitrogen and oxygen atoms in total. The number of nitrogens with zero attached hydrogens (tertiary/aromatic N) is 3. The summed E-state index contributed by atoms with van der Waals surface area (Å²) >= 11 is 3.60. The second kappa shape index (κ2) is 11.4. The van der Waals surface area contributed by atoms with Crippen LogP contribution in [0.25, 0.3) is 0 Å². The van der Waals surface area contributed by atoms with Crippen molar-refractivity contribution in [3.05, 3.63) is 64.4 Å². The molecule has 6 heteroatoms. The first-order valence-corrected chi connectivity index (χ1v) is 8.61. The second-order valence-electron chi connectivity index (χ2n) is 5.29. The summed E-state index contributed by atoms with van der Waals surface area (Å²) in [5.74, 6) is 0.923. The normalized spacial score (nSPS) is 10.9. The molecule has 0 radical (unpaired) electrons. The van der Waals surface area contributed by atoms with Gasteiger partial charge in [-0.3, -0.25) is 9.98 Å². The smallest absolute Gasteiger partial charge is 0.193 e. The van der Waals surface area contributed by atoms with Crippen LogP contribution in [0.1, 0.15) is 18.1 Å². The van der Waals surface area contributed by atoms with Crippen LogP contribution in [-0.2, 0) is 13.0 Å². The Morgan fingerprint density at radius 2 is 2.04 bits per heavy atom. The average molecular weight is 503 g/mol. The van der Waals surface area contributed by atoms with Gasteiger partial charge in [0.2, 0.25) is 0 Å². The summed E-state index contributed by atoms with van der Waals surface area (Å²) < 4.78 is 1.12. The number of pyridine rings is 1. The zero-order chi connectivity index (χ0) is 16.5. The third-order valence-corrected chi connectivity index (χ3v) is 4.22. The van der Waals surface area contributed by atoms with E-state index in [0.29, 0.717) is 0 Å². The first-order valence-electron chi connectivity index (χ1n) is 7.82. The molecule has 0 amide bonds. The quantitative estimate of drug-likeness (QED) is 0.367. The first-order chi connectivity index (χ1) is 11.2. The second-order valence-corrected chi connectivity index (χ2v) is 6.15. The first kappa shape index (κ1) is 20.9. The van der Waals surface area contributed by atoms with Crippen LogP contribution in [0.4, 0.5) is 0 Å². The van der Waals surface area contributed by atoms with Crippen LogP contribution >= 0.6 is 39.9 Å². The Hall–Kier alpha value is -1.15. The van der Waals surface area contributed by atoms with E-state index >= 15 is 0 Å². The lowest BCUT2D eigenvalue weighted by molar-refractivity contribution is 0.476. The van der Waals surface area contributed by atoms with Gasteiger partial charge in [0.05, 0.1) is 0 Å². The monoisotopic (exact) mass is 502 g/mol. The van der Waals surface area contributed by atoms with E-state index in [1.807, 2.05) is 18.3 Å². The molecule has 130 valence electrons. The summed E-state index contributed by atoms with van der Waals surface area (Å²) in [5, 5.41) is 3.35. The summed E-state index contributed by atoms with van der Waals surface area (Å²) in [6.45, 7) is 4.49.